The maximum Gasteiger partial charge on any atom is 0.636 e. The van der Waals surface area contributed by atoms with Gasteiger partial charge in [-0.15, -0.1) is 0 Å². The van der Waals surface area contributed by atoms with E-state index in [4.69, 9.17) is 23.5 Å². The first-order chi connectivity index (χ1) is 19.6. The molecule has 2 aliphatic heterocycles. The Bertz CT molecular complexity index is 1390. The molecule has 3 aromatic carbocycles. The molecule has 0 bridgehead atoms. The van der Waals surface area contributed by atoms with Crippen LogP contribution in [0.1, 0.15) is 29.2 Å². The van der Waals surface area contributed by atoms with Crippen molar-refractivity contribution < 1.29 is 33.1 Å². The van der Waals surface area contributed by atoms with Crippen LogP contribution in [0.5, 0.6) is 11.5 Å². The van der Waals surface area contributed by atoms with Crippen molar-refractivity contribution in [2.45, 2.75) is 34.3 Å². The van der Waals surface area contributed by atoms with E-state index in [1.807, 2.05) is 0 Å². The molecule has 0 aliphatic carbocycles. The molecule has 0 spiro atoms. The third-order valence-electron chi connectivity index (χ3n) is 7.53. The monoisotopic (exact) mass is 557 g/mol. The zero-order chi connectivity index (χ0) is 29.1. The van der Waals surface area contributed by atoms with Crippen molar-refractivity contribution >= 4 is 24.5 Å². The van der Waals surface area contributed by atoms with E-state index in [0.717, 1.165) is 41.2 Å². The van der Waals surface area contributed by atoms with E-state index in [0.29, 0.717) is 24.4 Å². The maximum atomic E-state index is 12.1. The standard InChI is InChI=1S/C32H36BNO7/c1-21-13-27(39-20-32(4)18-37-19-32)14-22(2)31(21)28-8-6-7-24(23(28)3)17-38-26-11-9-25(10-12-26)33-40-29(35)15-34(5)16-30(36)41-33/h6-14H,15-20H2,1-5H3. The second-order valence-corrected chi connectivity index (χ2v) is 11.5. The van der Waals surface area contributed by atoms with Crippen LogP contribution in [0, 0.1) is 26.2 Å². The summed E-state index contributed by atoms with van der Waals surface area (Å²) in [4.78, 5) is 25.7. The highest BCUT2D eigenvalue weighted by atomic mass is 16.6. The predicted octanol–water partition coefficient (Wildman–Crippen LogP) is 4.00. The summed E-state index contributed by atoms with van der Waals surface area (Å²) < 4.78 is 28.3. The van der Waals surface area contributed by atoms with Gasteiger partial charge in [-0.25, -0.2) is 0 Å². The average Bonchev–Trinajstić information content (AvgIpc) is 2.89. The van der Waals surface area contributed by atoms with Crippen LogP contribution in [0.2, 0.25) is 0 Å². The van der Waals surface area contributed by atoms with E-state index in [2.05, 4.69) is 58.0 Å². The van der Waals surface area contributed by atoms with E-state index >= 15 is 0 Å². The number of carbonyl (C=O) groups is 2. The molecule has 2 aliphatic rings. The highest BCUT2D eigenvalue weighted by Gasteiger charge is 2.35. The minimum Gasteiger partial charge on any atom is -0.494 e. The summed E-state index contributed by atoms with van der Waals surface area (Å²) in [6.07, 6.45) is 0. The topological polar surface area (TPSA) is 83.5 Å². The largest absolute Gasteiger partial charge is 0.636 e. The predicted molar refractivity (Wildman–Crippen MR) is 156 cm³/mol. The fourth-order valence-electron chi connectivity index (χ4n) is 5.19. The summed E-state index contributed by atoms with van der Waals surface area (Å²) in [5, 5.41) is 0. The van der Waals surface area contributed by atoms with Gasteiger partial charge in [-0.2, -0.15) is 0 Å². The van der Waals surface area contributed by atoms with E-state index in [1.165, 1.54) is 11.1 Å². The fraction of sp³-hybridized carbons (Fsp3) is 0.375. The second kappa shape index (κ2) is 12.0. The normalized spacial score (nSPS) is 17.1. The van der Waals surface area contributed by atoms with Crippen molar-refractivity contribution in [3.05, 3.63) is 76.9 Å². The third kappa shape index (κ3) is 6.74. The van der Waals surface area contributed by atoms with Gasteiger partial charge in [0.2, 0.25) is 0 Å². The van der Waals surface area contributed by atoms with Crippen molar-refractivity contribution in [2.75, 3.05) is 40.0 Å². The summed E-state index contributed by atoms with van der Waals surface area (Å²) >= 11 is 0. The molecular formula is C32H36BNO7. The molecule has 0 radical (unpaired) electrons. The Morgan fingerprint density at radius 2 is 1.51 bits per heavy atom. The Morgan fingerprint density at radius 1 is 0.878 bits per heavy atom. The fourth-order valence-corrected chi connectivity index (χ4v) is 5.19. The molecule has 41 heavy (non-hydrogen) atoms. The number of likely N-dealkylation sites (N-methyl/N-ethyl adjacent to an activating group) is 1. The van der Waals surface area contributed by atoms with Gasteiger partial charge in [0, 0.05) is 10.9 Å². The molecule has 0 amide bonds. The third-order valence-corrected chi connectivity index (χ3v) is 7.53. The van der Waals surface area contributed by atoms with Crippen LogP contribution in [-0.2, 0) is 30.2 Å². The van der Waals surface area contributed by atoms with Gasteiger partial charge in [0.15, 0.2) is 0 Å². The molecule has 3 aromatic rings. The van der Waals surface area contributed by atoms with Gasteiger partial charge < -0.3 is 23.5 Å². The zero-order valence-electron chi connectivity index (χ0n) is 24.3. The number of hydrogen-bond acceptors (Lipinski definition) is 8. The highest BCUT2D eigenvalue weighted by molar-refractivity contribution is 6.64. The molecule has 9 heteroatoms. The lowest BCUT2D eigenvalue weighted by Gasteiger charge is -2.37. The van der Waals surface area contributed by atoms with Crippen LogP contribution < -0.4 is 14.9 Å². The van der Waals surface area contributed by atoms with Crippen LogP contribution in [0.25, 0.3) is 11.1 Å². The lowest BCUT2D eigenvalue weighted by atomic mass is 9.78. The number of hydrogen-bond donors (Lipinski definition) is 0. The molecule has 2 fully saturated rings. The van der Waals surface area contributed by atoms with Gasteiger partial charge in [-0.1, -0.05) is 37.3 Å². The average molecular weight is 557 g/mol. The lowest BCUT2D eigenvalue weighted by molar-refractivity contribution is -0.145. The minimum absolute atomic E-state index is 0.0253. The van der Waals surface area contributed by atoms with E-state index in [-0.39, 0.29) is 18.5 Å². The van der Waals surface area contributed by atoms with E-state index in [9.17, 15) is 9.59 Å². The van der Waals surface area contributed by atoms with Gasteiger partial charge in [-0.05, 0) is 85.5 Å². The highest BCUT2D eigenvalue weighted by Crippen LogP contribution is 2.35. The Morgan fingerprint density at radius 3 is 2.10 bits per heavy atom. The van der Waals surface area contributed by atoms with Gasteiger partial charge >= 0.3 is 19.1 Å². The lowest BCUT2D eigenvalue weighted by Crippen LogP contribution is -2.47. The Labute approximate surface area is 241 Å². The van der Waals surface area contributed by atoms with Gasteiger partial charge in [0.05, 0.1) is 32.9 Å². The van der Waals surface area contributed by atoms with Crippen molar-refractivity contribution in [3.63, 3.8) is 0 Å². The van der Waals surface area contributed by atoms with Gasteiger partial charge in [0.1, 0.15) is 18.1 Å². The van der Waals surface area contributed by atoms with Crippen molar-refractivity contribution in [2.24, 2.45) is 5.41 Å². The SMILES string of the molecule is Cc1cc(OCC2(C)COC2)cc(C)c1-c1cccc(COc2ccc(B3OC(=O)CN(C)CC(=O)O3)cc2)c1C. The quantitative estimate of drug-likeness (QED) is 0.385. The van der Waals surface area contributed by atoms with Gasteiger partial charge in [0.25, 0.3) is 0 Å². The summed E-state index contributed by atoms with van der Waals surface area (Å²) in [5.41, 5.74) is 7.59. The first kappa shape index (κ1) is 28.7. The Kier molecular flexibility index (Phi) is 8.38. The molecule has 0 atom stereocenters. The molecule has 0 N–H and O–H groups in total. The summed E-state index contributed by atoms with van der Waals surface area (Å²) in [6, 6.07) is 17.5. The Hall–Kier alpha value is -3.82. The summed E-state index contributed by atoms with van der Waals surface area (Å²) in [7, 11) is 0.587. The summed E-state index contributed by atoms with van der Waals surface area (Å²) in [6.45, 7) is 11.1. The molecule has 5 rings (SSSR count). The van der Waals surface area contributed by atoms with Gasteiger partial charge in [-0.3, -0.25) is 14.5 Å². The number of nitrogens with zero attached hydrogens (tertiary/aromatic N) is 1. The van der Waals surface area contributed by atoms with Crippen molar-refractivity contribution in [3.8, 4) is 22.6 Å². The minimum atomic E-state index is -1.07. The molecule has 2 saturated heterocycles. The molecule has 2 heterocycles. The van der Waals surface area contributed by atoms with Crippen molar-refractivity contribution in [1.82, 2.24) is 4.90 Å². The molecule has 0 unspecified atom stereocenters. The summed E-state index contributed by atoms with van der Waals surface area (Å²) in [5.74, 6) is 0.632. The molecule has 0 aromatic heterocycles. The first-order valence-corrected chi connectivity index (χ1v) is 13.8. The Balaban J connectivity index is 1.26. The molecule has 8 nitrogen and oxygen atoms in total. The molecular weight excluding hydrogens is 521 g/mol. The molecule has 0 saturated carbocycles. The number of rotatable bonds is 8. The number of ether oxygens (including phenoxy) is 3. The zero-order valence-corrected chi connectivity index (χ0v) is 24.3. The van der Waals surface area contributed by atoms with Crippen LogP contribution in [0.4, 0.5) is 0 Å². The maximum absolute atomic E-state index is 12.1. The van der Waals surface area contributed by atoms with Crippen molar-refractivity contribution in [1.29, 1.82) is 0 Å². The van der Waals surface area contributed by atoms with Crippen LogP contribution in [0.15, 0.2) is 54.6 Å². The smallest absolute Gasteiger partial charge is 0.494 e. The van der Waals surface area contributed by atoms with Crippen LogP contribution in [0.3, 0.4) is 0 Å². The van der Waals surface area contributed by atoms with E-state index in [1.54, 1.807) is 36.2 Å². The van der Waals surface area contributed by atoms with Crippen LogP contribution >= 0.6 is 0 Å². The first-order valence-electron chi connectivity index (χ1n) is 13.8. The van der Waals surface area contributed by atoms with E-state index < -0.39 is 19.1 Å². The van der Waals surface area contributed by atoms with Crippen LogP contribution in [-0.4, -0.2) is 63.9 Å². The number of aryl methyl sites for hydroxylation is 2. The second-order valence-electron chi connectivity index (χ2n) is 11.5. The molecule has 214 valence electrons. The number of benzene rings is 3. The number of carbonyl (C=O) groups excluding carboxylic acids is 2.